The van der Waals surface area contributed by atoms with Gasteiger partial charge in [-0.3, -0.25) is 9.78 Å². The third kappa shape index (κ3) is 2.41. The summed E-state index contributed by atoms with van der Waals surface area (Å²) in [5.41, 5.74) is 0.108. The summed E-state index contributed by atoms with van der Waals surface area (Å²) in [6.07, 6.45) is 0.483. The predicted octanol–water partition coefficient (Wildman–Crippen LogP) is -0.210. The fourth-order valence-electron chi connectivity index (χ4n) is 1.96. The third-order valence-corrected chi connectivity index (χ3v) is 3.14. The van der Waals surface area contributed by atoms with Gasteiger partial charge in [-0.05, 0) is 13.5 Å². The van der Waals surface area contributed by atoms with Gasteiger partial charge in [-0.25, -0.2) is 0 Å². The number of anilines is 1. The SMILES string of the molecule is CCc1c(O)nc(N2CCN(C)CC2)[nH]c1=O. The van der Waals surface area contributed by atoms with Gasteiger partial charge in [-0.2, -0.15) is 4.98 Å². The molecule has 6 nitrogen and oxygen atoms in total. The summed E-state index contributed by atoms with van der Waals surface area (Å²) >= 11 is 0. The van der Waals surface area contributed by atoms with Gasteiger partial charge >= 0.3 is 0 Å². The molecule has 2 rings (SSSR count). The van der Waals surface area contributed by atoms with E-state index in [1.54, 1.807) is 0 Å². The number of rotatable bonds is 2. The molecule has 1 aliphatic heterocycles. The topological polar surface area (TPSA) is 72.5 Å². The summed E-state index contributed by atoms with van der Waals surface area (Å²) in [6, 6.07) is 0. The van der Waals surface area contributed by atoms with Crippen molar-refractivity contribution in [1.82, 2.24) is 14.9 Å². The van der Waals surface area contributed by atoms with Gasteiger partial charge in [0.15, 0.2) is 0 Å². The Bertz CT molecular complexity index is 449. The van der Waals surface area contributed by atoms with Gasteiger partial charge in [0.05, 0.1) is 5.56 Å². The van der Waals surface area contributed by atoms with Crippen LogP contribution in [0.2, 0.25) is 0 Å². The molecule has 0 radical (unpaired) electrons. The minimum absolute atomic E-state index is 0.148. The first-order valence-corrected chi connectivity index (χ1v) is 5.87. The number of aromatic hydroxyl groups is 1. The molecule has 0 aliphatic carbocycles. The Hall–Kier alpha value is -1.56. The number of aromatic nitrogens is 2. The Morgan fingerprint density at radius 3 is 2.53 bits per heavy atom. The van der Waals surface area contributed by atoms with Crippen molar-refractivity contribution < 1.29 is 5.11 Å². The first-order valence-electron chi connectivity index (χ1n) is 5.87. The highest BCUT2D eigenvalue weighted by atomic mass is 16.3. The van der Waals surface area contributed by atoms with Crippen molar-refractivity contribution in [2.45, 2.75) is 13.3 Å². The molecule has 0 aromatic carbocycles. The van der Waals surface area contributed by atoms with Crippen LogP contribution in [0.25, 0.3) is 0 Å². The first kappa shape index (κ1) is 11.9. The smallest absolute Gasteiger partial charge is 0.259 e. The number of likely N-dealkylation sites (N-methyl/N-ethyl adjacent to an activating group) is 1. The van der Waals surface area contributed by atoms with Crippen LogP contribution in [-0.4, -0.2) is 53.2 Å². The molecule has 1 fully saturated rings. The lowest BCUT2D eigenvalue weighted by atomic mass is 10.2. The van der Waals surface area contributed by atoms with Crippen LogP contribution in [0.1, 0.15) is 12.5 Å². The standard InChI is InChI=1S/C11H18N4O2/c1-3-8-9(16)12-11(13-10(8)17)15-6-4-14(2)5-7-15/h3-7H2,1-2H3,(H2,12,13,16,17). The average molecular weight is 238 g/mol. The third-order valence-electron chi connectivity index (χ3n) is 3.14. The van der Waals surface area contributed by atoms with E-state index in [2.05, 4.69) is 21.9 Å². The van der Waals surface area contributed by atoms with Crippen molar-refractivity contribution in [2.75, 3.05) is 38.1 Å². The highest BCUT2D eigenvalue weighted by Crippen LogP contribution is 2.15. The molecule has 0 unspecified atom stereocenters. The zero-order valence-corrected chi connectivity index (χ0v) is 10.2. The van der Waals surface area contributed by atoms with Crippen LogP contribution in [0.4, 0.5) is 5.95 Å². The summed E-state index contributed by atoms with van der Waals surface area (Å²) in [5.74, 6) is 0.322. The lowest BCUT2D eigenvalue weighted by molar-refractivity contribution is 0.310. The van der Waals surface area contributed by atoms with E-state index in [1.807, 2.05) is 11.8 Å². The molecule has 0 saturated carbocycles. The predicted molar refractivity (Wildman–Crippen MR) is 65.6 cm³/mol. The Morgan fingerprint density at radius 1 is 1.35 bits per heavy atom. The molecule has 2 heterocycles. The van der Waals surface area contributed by atoms with Gasteiger partial charge in [0.2, 0.25) is 11.8 Å². The maximum Gasteiger partial charge on any atom is 0.259 e. The molecule has 0 amide bonds. The summed E-state index contributed by atoms with van der Waals surface area (Å²) in [4.78, 5) is 22.7. The van der Waals surface area contributed by atoms with E-state index in [4.69, 9.17) is 0 Å². The zero-order chi connectivity index (χ0) is 12.4. The van der Waals surface area contributed by atoms with Gasteiger partial charge in [0.1, 0.15) is 0 Å². The van der Waals surface area contributed by atoms with E-state index in [9.17, 15) is 9.90 Å². The maximum absolute atomic E-state index is 11.7. The Labute approximate surface area is 99.9 Å². The first-order chi connectivity index (χ1) is 8.11. The van der Waals surface area contributed by atoms with E-state index in [0.29, 0.717) is 17.9 Å². The fraction of sp³-hybridized carbons (Fsp3) is 0.636. The summed E-state index contributed by atoms with van der Waals surface area (Å²) in [5, 5.41) is 9.69. The van der Waals surface area contributed by atoms with Crippen LogP contribution < -0.4 is 10.5 Å². The maximum atomic E-state index is 11.7. The van der Waals surface area contributed by atoms with Crippen molar-refractivity contribution in [1.29, 1.82) is 0 Å². The minimum Gasteiger partial charge on any atom is -0.493 e. The second-order valence-corrected chi connectivity index (χ2v) is 4.34. The van der Waals surface area contributed by atoms with Crippen LogP contribution in [-0.2, 0) is 6.42 Å². The summed E-state index contributed by atoms with van der Waals surface area (Å²) in [6.45, 7) is 5.30. The van der Waals surface area contributed by atoms with Crippen molar-refractivity contribution in [2.24, 2.45) is 0 Å². The number of hydrogen-bond acceptors (Lipinski definition) is 5. The fourth-order valence-corrected chi connectivity index (χ4v) is 1.96. The Balaban J connectivity index is 2.25. The number of piperazine rings is 1. The second-order valence-electron chi connectivity index (χ2n) is 4.34. The van der Waals surface area contributed by atoms with Crippen LogP contribution in [0.15, 0.2) is 4.79 Å². The van der Waals surface area contributed by atoms with E-state index < -0.39 is 0 Å². The molecule has 0 atom stereocenters. The van der Waals surface area contributed by atoms with Crippen LogP contribution in [0.3, 0.4) is 0 Å². The van der Waals surface area contributed by atoms with Gasteiger partial charge in [-0.15, -0.1) is 0 Å². The van der Waals surface area contributed by atoms with E-state index in [0.717, 1.165) is 26.2 Å². The molecule has 1 aromatic rings. The molecule has 0 spiro atoms. The number of hydrogen-bond donors (Lipinski definition) is 2. The summed E-state index contributed by atoms with van der Waals surface area (Å²) < 4.78 is 0. The minimum atomic E-state index is -0.242. The number of aromatic amines is 1. The monoisotopic (exact) mass is 238 g/mol. The number of H-pyrrole nitrogens is 1. The van der Waals surface area contributed by atoms with E-state index >= 15 is 0 Å². The highest BCUT2D eigenvalue weighted by molar-refractivity contribution is 5.36. The van der Waals surface area contributed by atoms with Gasteiger partial charge in [0, 0.05) is 26.2 Å². The molecule has 2 N–H and O–H groups in total. The second kappa shape index (κ2) is 4.75. The molecule has 0 bridgehead atoms. The lowest BCUT2D eigenvalue weighted by Crippen LogP contribution is -2.45. The summed E-state index contributed by atoms with van der Waals surface area (Å²) in [7, 11) is 2.06. The molecule has 17 heavy (non-hydrogen) atoms. The average Bonchev–Trinajstić information content (AvgIpc) is 2.29. The normalized spacial score (nSPS) is 17.4. The van der Waals surface area contributed by atoms with E-state index in [-0.39, 0.29) is 11.4 Å². The molecular weight excluding hydrogens is 220 g/mol. The molecule has 1 aliphatic rings. The largest absolute Gasteiger partial charge is 0.493 e. The van der Waals surface area contributed by atoms with Crippen molar-refractivity contribution >= 4 is 5.95 Å². The molecule has 1 aromatic heterocycles. The Morgan fingerprint density at radius 2 is 2.00 bits per heavy atom. The van der Waals surface area contributed by atoms with Gasteiger partial charge < -0.3 is 14.9 Å². The Kier molecular flexibility index (Phi) is 3.33. The van der Waals surface area contributed by atoms with Crippen LogP contribution in [0, 0.1) is 0 Å². The molecular formula is C11H18N4O2. The van der Waals surface area contributed by atoms with Crippen molar-refractivity contribution in [3.05, 3.63) is 15.9 Å². The number of nitrogens with one attached hydrogen (secondary N) is 1. The van der Waals surface area contributed by atoms with Crippen molar-refractivity contribution in [3.63, 3.8) is 0 Å². The quantitative estimate of drug-likeness (QED) is 0.746. The number of nitrogens with zero attached hydrogens (tertiary/aromatic N) is 3. The van der Waals surface area contributed by atoms with Gasteiger partial charge in [-0.1, -0.05) is 6.92 Å². The van der Waals surface area contributed by atoms with E-state index in [1.165, 1.54) is 0 Å². The van der Waals surface area contributed by atoms with Gasteiger partial charge in [0.25, 0.3) is 5.56 Å². The highest BCUT2D eigenvalue weighted by Gasteiger charge is 2.18. The molecule has 94 valence electrons. The van der Waals surface area contributed by atoms with Crippen LogP contribution >= 0.6 is 0 Å². The van der Waals surface area contributed by atoms with Crippen LogP contribution in [0.5, 0.6) is 5.88 Å². The lowest BCUT2D eigenvalue weighted by Gasteiger charge is -2.32. The zero-order valence-electron chi connectivity index (χ0n) is 10.2. The molecule has 6 heteroatoms. The van der Waals surface area contributed by atoms with Crippen molar-refractivity contribution in [3.8, 4) is 5.88 Å². The molecule has 1 saturated heterocycles.